The zero-order valence-electron chi connectivity index (χ0n) is 7.66. The monoisotopic (exact) mass is 242 g/mol. The average molecular weight is 243 g/mol. The number of nitriles is 1. The molecule has 1 rings (SSSR count). The van der Waals surface area contributed by atoms with Crippen molar-refractivity contribution in [3.05, 3.63) is 12.2 Å². The minimum Gasteiger partial charge on any atom is -0.251 e. The zero-order chi connectivity index (χ0) is 9.90. The van der Waals surface area contributed by atoms with Crippen LogP contribution in [0.4, 0.5) is 0 Å². The molecule has 0 fully saturated rings. The van der Waals surface area contributed by atoms with Crippen LogP contribution in [-0.4, -0.2) is 20.1 Å². The topological polar surface area (TPSA) is 54.5 Å². The van der Waals surface area contributed by atoms with E-state index in [2.05, 4.69) is 39.9 Å². The first-order valence-electron chi connectivity index (χ1n) is 3.93. The Kier molecular flexibility index (Phi) is 3.04. The van der Waals surface area contributed by atoms with Crippen molar-refractivity contribution in [2.24, 2.45) is 5.41 Å². The summed E-state index contributed by atoms with van der Waals surface area (Å²) in [5, 5.41) is 13.4. The van der Waals surface area contributed by atoms with E-state index in [0.717, 1.165) is 11.9 Å². The molecule has 13 heavy (non-hydrogen) atoms. The zero-order valence-corrected chi connectivity index (χ0v) is 9.24. The lowest BCUT2D eigenvalue weighted by molar-refractivity contribution is 0.334. The number of alkyl halides is 1. The van der Waals surface area contributed by atoms with E-state index in [-0.39, 0.29) is 11.2 Å². The summed E-state index contributed by atoms with van der Waals surface area (Å²) in [6, 6.07) is 1.90. The first-order valence-corrected chi connectivity index (χ1v) is 5.05. The number of halogens is 1. The summed E-state index contributed by atoms with van der Waals surface area (Å²) < 4.78 is 1.69. The summed E-state index contributed by atoms with van der Waals surface area (Å²) in [6.07, 6.45) is 1.59. The third-order valence-electron chi connectivity index (χ3n) is 1.59. The molecule has 0 saturated heterocycles. The molecule has 1 aromatic rings. The molecule has 70 valence electrons. The van der Waals surface area contributed by atoms with Gasteiger partial charge in [0.25, 0.3) is 5.82 Å². The SMILES string of the molecule is CC(C)(CBr)Cn1cnc(C#N)n1. The molecule has 0 aliphatic rings. The molecule has 0 amide bonds. The van der Waals surface area contributed by atoms with Crippen molar-refractivity contribution in [2.75, 3.05) is 5.33 Å². The lowest BCUT2D eigenvalue weighted by Crippen LogP contribution is -2.21. The van der Waals surface area contributed by atoms with Gasteiger partial charge in [-0.25, -0.2) is 4.98 Å². The molecule has 1 aromatic heterocycles. The number of hydrogen-bond acceptors (Lipinski definition) is 3. The summed E-state index contributed by atoms with van der Waals surface area (Å²) in [5.41, 5.74) is 0.125. The fraction of sp³-hybridized carbons (Fsp3) is 0.625. The van der Waals surface area contributed by atoms with Crippen LogP contribution in [-0.2, 0) is 6.54 Å². The Hall–Kier alpha value is -0.890. The Morgan fingerprint density at radius 2 is 2.38 bits per heavy atom. The fourth-order valence-corrected chi connectivity index (χ4v) is 1.08. The second kappa shape index (κ2) is 3.88. The van der Waals surface area contributed by atoms with E-state index in [1.807, 2.05) is 6.07 Å². The third-order valence-corrected chi connectivity index (χ3v) is 3.11. The normalized spacial score (nSPS) is 11.2. The standard InChI is InChI=1S/C8H11BrN4/c1-8(2,4-9)5-13-6-11-7(3-10)12-13/h6H,4-5H2,1-2H3. The minimum atomic E-state index is 0.125. The summed E-state index contributed by atoms with van der Waals surface area (Å²) in [6.45, 7) is 5.00. The predicted octanol–water partition coefficient (Wildman–Crippen LogP) is 1.57. The Bertz CT molecular complexity index is 323. The molecule has 4 nitrogen and oxygen atoms in total. The number of hydrogen-bond donors (Lipinski definition) is 0. The molecule has 0 aliphatic heterocycles. The van der Waals surface area contributed by atoms with E-state index in [1.165, 1.54) is 0 Å². The number of rotatable bonds is 3. The molecule has 0 unspecified atom stereocenters. The maximum atomic E-state index is 8.51. The van der Waals surface area contributed by atoms with Crippen LogP contribution in [0.25, 0.3) is 0 Å². The molecule has 5 heteroatoms. The van der Waals surface area contributed by atoms with Crippen LogP contribution in [0.15, 0.2) is 6.33 Å². The molecule has 1 heterocycles. The predicted molar refractivity (Wildman–Crippen MR) is 52.3 cm³/mol. The van der Waals surface area contributed by atoms with Crippen molar-refractivity contribution in [1.29, 1.82) is 5.26 Å². The Balaban J connectivity index is 2.70. The highest BCUT2D eigenvalue weighted by atomic mass is 79.9. The molecule has 0 saturated carbocycles. The van der Waals surface area contributed by atoms with Gasteiger partial charge in [0.15, 0.2) is 0 Å². The maximum Gasteiger partial charge on any atom is 0.252 e. The van der Waals surface area contributed by atoms with Crippen molar-refractivity contribution < 1.29 is 0 Å². The lowest BCUT2D eigenvalue weighted by Gasteiger charge is -2.20. The Labute approximate surface area is 85.7 Å². The summed E-state index contributed by atoms with van der Waals surface area (Å²) >= 11 is 3.43. The molecule has 0 atom stereocenters. The Morgan fingerprint density at radius 3 is 2.85 bits per heavy atom. The van der Waals surface area contributed by atoms with Crippen molar-refractivity contribution in [1.82, 2.24) is 14.8 Å². The second-order valence-electron chi connectivity index (χ2n) is 3.68. The van der Waals surface area contributed by atoms with Crippen LogP contribution in [0.2, 0.25) is 0 Å². The summed E-state index contributed by atoms with van der Waals surface area (Å²) in [7, 11) is 0. The van der Waals surface area contributed by atoms with E-state index < -0.39 is 0 Å². The van der Waals surface area contributed by atoms with Gasteiger partial charge in [0.2, 0.25) is 0 Å². The lowest BCUT2D eigenvalue weighted by atomic mass is 9.97. The molecule has 0 aliphatic carbocycles. The number of nitrogens with zero attached hydrogens (tertiary/aromatic N) is 4. The van der Waals surface area contributed by atoms with Gasteiger partial charge in [0.1, 0.15) is 12.4 Å². The highest BCUT2D eigenvalue weighted by Crippen LogP contribution is 2.19. The summed E-state index contributed by atoms with van der Waals surface area (Å²) in [4.78, 5) is 3.83. The largest absolute Gasteiger partial charge is 0.252 e. The van der Waals surface area contributed by atoms with Gasteiger partial charge in [-0.1, -0.05) is 29.8 Å². The van der Waals surface area contributed by atoms with Crippen molar-refractivity contribution >= 4 is 15.9 Å². The Morgan fingerprint density at radius 1 is 1.69 bits per heavy atom. The van der Waals surface area contributed by atoms with Gasteiger partial charge < -0.3 is 0 Å². The van der Waals surface area contributed by atoms with Crippen LogP contribution in [0.1, 0.15) is 19.7 Å². The van der Waals surface area contributed by atoms with Crippen LogP contribution >= 0.6 is 15.9 Å². The quantitative estimate of drug-likeness (QED) is 0.757. The molecule has 0 aromatic carbocycles. The second-order valence-corrected chi connectivity index (χ2v) is 4.24. The van der Waals surface area contributed by atoms with Crippen molar-refractivity contribution in [2.45, 2.75) is 20.4 Å². The van der Waals surface area contributed by atoms with Crippen molar-refractivity contribution in [3.8, 4) is 6.07 Å². The van der Waals surface area contributed by atoms with Gasteiger partial charge in [-0.3, -0.25) is 4.68 Å². The molecule has 0 N–H and O–H groups in total. The van der Waals surface area contributed by atoms with Gasteiger partial charge in [-0.15, -0.1) is 5.10 Å². The number of aromatic nitrogens is 3. The smallest absolute Gasteiger partial charge is 0.251 e. The van der Waals surface area contributed by atoms with Gasteiger partial charge >= 0.3 is 0 Å². The highest BCUT2D eigenvalue weighted by Gasteiger charge is 2.17. The third kappa shape index (κ3) is 2.81. The van der Waals surface area contributed by atoms with Gasteiger partial charge in [0, 0.05) is 11.9 Å². The summed E-state index contributed by atoms with van der Waals surface area (Å²) in [5.74, 6) is 0.227. The minimum absolute atomic E-state index is 0.125. The average Bonchev–Trinajstić information content (AvgIpc) is 2.52. The van der Waals surface area contributed by atoms with Gasteiger partial charge in [-0.2, -0.15) is 5.26 Å². The fourth-order valence-electron chi connectivity index (χ4n) is 0.903. The molecular formula is C8H11BrN4. The van der Waals surface area contributed by atoms with Gasteiger partial charge in [-0.05, 0) is 5.41 Å². The maximum absolute atomic E-state index is 8.51. The first-order chi connectivity index (χ1) is 6.07. The van der Waals surface area contributed by atoms with E-state index >= 15 is 0 Å². The van der Waals surface area contributed by atoms with E-state index in [0.29, 0.717) is 0 Å². The molecule has 0 spiro atoms. The van der Waals surface area contributed by atoms with Crippen LogP contribution in [0, 0.1) is 16.7 Å². The molecule has 0 bridgehead atoms. The molecular weight excluding hydrogens is 232 g/mol. The van der Waals surface area contributed by atoms with E-state index in [1.54, 1.807) is 11.0 Å². The molecule has 0 radical (unpaired) electrons. The van der Waals surface area contributed by atoms with E-state index in [9.17, 15) is 0 Å². The van der Waals surface area contributed by atoms with Gasteiger partial charge in [0.05, 0.1) is 0 Å². The first kappa shape index (κ1) is 10.2. The van der Waals surface area contributed by atoms with Crippen LogP contribution in [0.5, 0.6) is 0 Å². The van der Waals surface area contributed by atoms with Crippen molar-refractivity contribution in [3.63, 3.8) is 0 Å². The van der Waals surface area contributed by atoms with Crippen LogP contribution in [0.3, 0.4) is 0 Å². The van der Waals surface area contributed by atoms with Crippen LogP contribution < -0.4 is 0 Å². The highest BCUT2D eigenvalue weighted by molar-refractivity contribution is 9.09. The van der Waals surface area contributed by atoms with E-state index in [4.69, 9.17) is 5.26 Å².